The first-order valence-corrected chi connectivity index (χ1v) is 3.58. The standard InChI is InChI=1S/C7H10FNO/c8-6-1-7(2-6)3-9(4-7)5-10/h5-6H,1-4H2. The number of rotatable bonds is 1. The number of nitrogens with zero attached hydrogens (tertiary/aromatic N) is 1. The molecular weight excluding hydrogens is 133 g/mol. The second kappa shape index (κ2) is 1.71. The van der Waals surface area contributed by atoms with Gasteiger partial charge < -0.3 is 4.90 Å². The van der Waals surface area contributed by atoms with Gasteiger partial charge in [0.15, 0.2) is 0 Å². The fourth-order valence-electron chi connectivity index (χ4n) is 2.03. The minimum atomic E-state index is -0.589. The first-order valence-electron chi connectivity index (χ1n) is 3.58. The molecule has 10 heavy (non-hydrogen) atoms. The lowest BCUT2D eigenvalue weighted by atomic mass is 9.63. The summed E-state index contributed by atoms with van der Waals surface area (Å²) >= 11 is 0. The van der Waals surface area contributed by atoms with Crippen molar-refractivity contribution in [1.82, 2.24) is 4.90 Å². The number of carbonyl (C=O) groups is 1. The Hall–Kier alpha value is -0.600. The largest absolute Gasteiger partial charge is 0.344 e. The van der Waals surface area contributed by atoms with Crippen LogP contribution in [0.15, 0.2) is 0 Å². The Morgan fingerprint density at radius 3 is 2.50 bits per heavy atom. The van der Waals surface area contributed by atoms with Gasteiger partial charge in [0, 0.05) is 18.5 Å². The summed E-state index contributed by atoms with van der Waals surface area (Å²) in [5.41, 5.74) is 0.209. The zero-order chi connectivity index (χ0) is 7.19. The van der Waals surface area contributed by atoms with Crippen molar-refractivity contribution in [2.45, 2.75) is 19.0 Å². The van der Waals surface area contributed by atoms with Crippen molar-refractivity contribution in [3.05, 3.63) is 0 Å². The topological polar surface area (TPSA) is 20.3 Å². The highest BCUT2D eigenvalue weighted by molar-refractivity contribution is 5.49. The van der Waals surface area contributed by atoms with E-state index < -0.39 is 6.17 Å². The Labute approximate surface area is 59.0 Å². The van der Waals surface area contributed by atoms with Gasteiger partial charge in [-0.05, 0) is 12.8 Å². The van der Waals surface area contributed by atoms with Crippen molar-refractivity contribution in [2.75, 3.05) is 13.1 Å². The molecule has 0 aromatic carbocycles. The van der Waals surface area contributed by atoms with Gasteiger partial charge >= 0.3 is 0 Å². The molecule has 2 nitrogen and oxygen atoms in total. The molecule has 0 aromatic heterocycles. The van der Waals surface area contributed by atoms with Crippen molar-refractivity contribution in [3.63, 3.8) is 0 Å². The molecule has 1 saturated carbocycles. The van der Waals surface area contributed by atoms with E-state index in [-0.39, 0.29) is 5.41 Å². The minimum Gasteiger partial charge on any atom is -0.344 e. The molecule has 2 rings (SSSR count). The molecule has 2 fully saturated rings. The van der Waals surface area contributed by atoms with Crippen LogP contribution < -0.4 is 0 Å². The molecule has 56 valence electrons. The molecule has 1 aliphatic heterocycles. The van der Waals surface area contributed by atoms with E-state index in [2.05, 4.69) is 0 Å². The summed E-state index contributed by atoms with van der Waals surface area (Å²) in [7, 11) is 0. The van der Waals surface area contributed by atoms with Crippen LogP contribution in [0.5, 0.6) is 0 Å². The van der Waals surface area contributed by atoms with Crippen LogP contribution in [-0.2, 0) is 4.79 Å². The number of likely N-dealkylation sites (tertiary alicyclic amines) is 1. The van der Waals surface area contributed by atoms with Gasteiger partial charge in [0.1, 0.15) is 6.17 Å². The molecule has 1 saturated heterocycles. The van der Waals surface area contributed by atoms with Gasteiger partial charge in [-0.1, -0.05) is 0 Å². The Morgan fingerprint density at radius 1 is 1.50 bits per heavy atom. The van der Waals surface area contributed by atoms with Crippen molar-refractivity contribution >= 4 is 6.41 Å². The molecule has 0 aromatic rings. The van der Waals surface area contributed by atoms with E-state index in [1.165, 1.54) is 0 Å². The maximum Gasteiger partial charge on any atom is 0.209 e. The minimum absolute atomic E-state index is 0.209. The lowest BCUT2D eigenvalue weighted by Crippen LogP contribution is -2.62. The lowest BCUT2D eigenvalue weighted by molar-refractivity contribution is -0.143. The summed E-state index contributed by atoms with van der Waals surface area (Å²) in [5.74, 6) is 0. The maximum atomic E-state index is 12.4. The summed E-state index contributed by atoms with van der Waals surface area (Å²) in [4.78, 5) is 11.8. The Kier molecular flexibility index (Phi) is 1.05. The van der Waals surface area contributed by atoms with E-state index in [4.69, 9.17) is 0 Å². The molecule has 0 radical (unpaired) electrons. The Morgan fingerprint density at radius 2 is 2.10 bits per heavy atom. The lowest BCUT2D eigenvalue weighted by Gasteiger charge is -2.55. The molecule has 1 aliphatic carbocycles. The highest BCUT2D eigenvalue weighted by atomic mass is 19.1. The SMILES string of the molecule is O=CN1CC2(CC(F)C2)C1. The zero-order valence-electron chi connectivity index (χ0n) is 5.72. The van der Waals surface area contributed by atoms with Crippen molar-refractivity contribution in [1.29, 1.82) is 0 Å². The van der Waals surface area contributed by atoms with Crippen molar-refractivity contribution in [3.8, 4) is 0 Å². The summed E-state index contributed by atoms with van der Waals surface area (Å²) in [6.07, 6.45) is 1.61. The third-order valence-corrected chi connectivity index (χ3v) is 2.54. The van der Waals surface area contributed by atoms with E-state index in [1.54, 1.807) is 4.90 Å². The second-order valence-electron chi connectivity index (χ2n) is 3.52. The number of hydrogen-bond donors (Lipinski definition) is 0. The molecular formula is C7H10FNO. The number of halogens is 1. The fourth-order valence-corrected chi connectivity index (χ4v) is 2.03. The van der Waals surface area contributed by atoms with Crippen LogP contribution in [0.3, 0.4) is 0 Å². The molecule has 3 heteroatoms. The van der Waals surface area contributed by atoms with Crippen LogP contribution in [0, 0.1) is 5.41 Å². The first-order chi connectivity index (χ1) is 4.74. The van der Waals surface area contributed by atoms with Crippen LogP contribution >= 0.6 is 0 Å². The second-order valence-corrected chi connectivity index (χ2v) is 3.52. The number of hydrogen-bond acceptors (Lipinski definition) is 1. The van der Waals surface area contributed by atoms with Crippen LogP contribution in [0.1, 0.15) is 12.8 Å². The van der Waals surface area contributed by atoms with Gasteiger partial charge in [-0.15, -0.1) is 0 Å². The van der Waals surface area contributed by atoms with E-state index in [0.717, 1.165) is 19.5 Å². The highest BCUT2D eigenvalue weighted by Crippen LogP contribution is 2.48. The molecule has 0 atom stereocenters. The van der Waals surface area contributed by atoms with E-state index in [0.29, 0.717) is 12.8 Å². The summed E-state index contributed by atoms with van der Waals surface area (Å²) < 4.78 is 12.4. The van der Waals surface area contributed by atoms with Gasteiger partial charge in [0.05, 0.1) is 0 Å². The van der Waals surface area contributed by atoms with Gasteiger partial charge in [-0.25, -0.2) is 4.39 Å². The third kappa shape index (κ3) is 0.662. The molecule has 0 unspecified atom stereocenters. The van der Waals surface area contributed by atoms with Crippen molar-refractivity contribution < 1.29 is 9.18 Å². The number of alkyl halides is 1. The van der Waals surface area contributed by atoms with E-state index >= 15 is 0 Å². The summed E-state index contributed by atoms with van der Waals surface area (Å²) in [5, 5.41) is 0. The molecule has 0 bridgehead atoms. The van der Waals surface area contributed by atoms with Crippen LogP contribution in [0.25, 0.3) is 0 Å². The zero-order valence-corrected chi connectivity index (χ0v) is 5.72. The normalized spacial score (nSPS) is 29.5. The summed E-state index contributed by atoms with van der Waals surface area (Å²) in [6, 6.07) is 0. The van der Waals surface area contributed by atoms with E-state index in [1.807, 2.05) is 0 Å². The van der Waals surface area contributed by atoms with Crippen LogP contribution in [0.4, 0.5) is 4.39 Å². The molecule has 1 amide bonds. The average molecular weight is 143 g/mol. The monoisotopic (exact) mass is 143 g/mol. The van der Waals surface area contributed by atoms with Crippen molar-refractivity contribution in [2.24, 2.45) is 5.41 Å². The highest BCUT2D eigenvalue weighted by Gasteiger charge is 2.52. The average Bonchev–Trinajstić information content (AvgIpc) is 1.74. The smallest absolute Gasteiger partial charge is 0.209 e. The predicted molar refractivity (Wildman–Crippen MR) is 34.2 cm³/mol. The number of amides is 1. The third-order valence-electron chi connectivity index (χ3n) is 2.54. The fraction of sp³-hybridized carbons (Fsp3) is 0.857. The maximum absolute atomic E-state index is 12.4. The van der Waals surface area contributed by atoms with E-state index in [9.17, 15) is 9.18 Å². The van der Waals surface area contributed by atoms with Crippen LogP contribution in [0.2, 0.25) is 0 Å². The molecule has 0 N–H and O–H groups in total. The molecule has 1 spiro atoms. The van der Waals surface area contributed by atoms with Gasteiger partial charge in [0.2, 0.25) is 6.41 Å². The van der Waals surface area contributed by atoms with Gasteiger partial charge in [-0.3, -0.25) is 4.79 Å². The Bertz CT molecular complexity index is 157. The molecule has 2 aliphatic rings. The van der Waals surface area contributed by atoms with Crippen LogP contribution in [-0.4, -0.2) is 30.6 Å². The Balaban J connectivity index is 1.85. The first kappa shape index (κ1) is 6.13. The summed E-state index contributed by atoms with van der Waals surface area (Å²) in [6.45, 7) is 1.58. The quantitative estimate of drug-likeness (QED) is 0.491. The van der Waals surface area contributed by atoms with Gasteiger partial charge in [0.25, 0.3) is 0 Å². The molecule has 1 heterocycles. The predicted octanol–water partition coefficient (Wildman–Crippen LogP) is 0.577. The van der Waals surface area contributed by atoms with Gasteiger partial charge in [-0.2, -0.15) is 0 Å². The number of carbonyl (C=O) groups excluding carboxylic acids is 1.